The lowest BCUT2D eigenvalue weighted by Gasteiger charge is -2.05. The van der Waals surface area contributed by atoms with E-state index in [1.54, 1.807) is 41.5 Å². The first-order valence-corrected chi connectivity index (χ1v) is 16.1. The van der Waals surface area contributed by atoms with Crippen molar-refractivity contribution < 1.29 is 30.6 Å². The molecule has 0 unspecified atom stereocenters. The van der Waals surface area contributed by atoms with Crippen LogP contribution in [0.15, 0.2) is 0 Å². The van der Waals surface area contributed by atoms with Crippen molar-refractivity contribution in [3.05, 3.63) is 0 Å². The van der Waals surface area contributed by atoms with Gasteiger partial charge in [0.2, 0.25) is 0 Å². The molecule has 1 aliphatic carbocycles. The van der Waals surface area contributed by atoms with E-state index in [4.69, 9.17) is 30.6 Å². The van der Waals surface area contributed by atoms with Gasteiger partial charge in [-0.2, -0.15) is 0 Å². The van der Waals surface area contributed by atoms with Crippen LogP contribution < -0.4 is 0 Å². The van der Waals surface area contributed by atoms with E-state index in [0.29, 0.717) is 0 Å². The van der Waals surface area contributed by atoms with Crippen molar-refractivity contribution in [2.24, 2.45) is 0 Å². The molecule has 6 heteroatoms. The standard InChI is InChI=1S/C20H40.6C2H6O/c1-2-4-6-8-10-12-14-16-18-20-19-17-15-13-11-9-7-5-3-1;6*1-2-3/h1-20H2;6*3H,2H2,1H3. The number of hydrogen-bond donors (Lipinski definition) is 6. The Morgan fingerprint density at radius 1 is 0.211 bits per heavy atom. The highest BCUT2D eigenvalue weighted by Crippen LogP contribution is 2.16. The van der Waals surface area contributed by atoms with Gasteiger partial charge in [0.15, 0.2) is 0 Å². The molecule has 0 spiro atoms. The molecule has 0 bridgehead atoms. The molecule has 0 aromatic heterocycles. The van der Waals surface area contributed by atoms with E-state index in [1.165, 1.54) is 128 Å². The summed E-state index contributed by atoms with van der Waals surface area (Å²) >= 11 is 0. The maximum Gasteiger partial charge on any atom is 0.0402 e. The van der Waals surface area contributed by atoms with Crippen molar-refractivity contribution >= 4 is 0 Å². The topological polar surface area (TPSA) is 121 Å². The van der Waals surface area contributed by atoms with E-state index >= 15 is 0 Å². The molecule has 1 saturated carbocycles. The molecule has 0 aromatic carbocycles. The Labute approximate surface area is 240 Å². The van der Waals surface area contributed by atoms with Gasteiger partial charge >= 0.3 is 0 Å². The summed E-state index contributed by atoms with van der Waals surface area (Å²) in [4.78, 5) is 0. The summed E-state index contributed by atoms with van der Waals surface area (Å²) in [6.45, 7) is 11.6. The van der Waals surface area contributed by atoms with E-state index < -0.39 is 0 Å². The fraction of sp³-hybridized carbons (Fsp3) is 1.00. The normalized spacial score (nSPS) is 15.5. The fourth-order valence-corrected chi connectivity index (χ4v) is 3.54. The molecule has 0 radical (unpaired) electrons. The summed E-state index contributed by atoms with van der Waals surface area (Å²) in [6.07, 6.45) is 30.0. The molecule has 0 amide bonds. The highest BCUT2D eigenvalue weighted by molar-refractivity contribution is 4.52. The highest BCUT2D eigenvalue weighted by atomic mass is 16.3. The summed E-state index contributed by atoms with van der Waals surface area (Å²) in [7, 11) is 0. The third-order valence-corrected chi connectivity index (χ3v) is 5.00. The summed E-state index contributed by atoms with van der Waals surface area (Å²) in [5.74, 6) is 0. The van der Waals surface area contributed by atoms with Gasteiger partial charge in [-0.3, -0.25) is 0 Å². The minimum absolute atomic E-state index is 0.250. The zero-order chi connectivity index (χ0) is 30.4. The molecule has 1 rings (SSSR count). The predicted molar refractivity (Wildman–Crippen MR) is 169 cm³/mol. The van der Waals surface area contributed by atoms with Crippen LogP contribution in [0.3, 0.4) is 0 Å². The second-order valence-corrected chi connectivity index (χ2v) is 8.97. The second-order valence-electron chi connectivity index (χ2n) is 8.97. The van der Waals surface area contributed by atoms with Gasteiger partial charge in [-0.1, -0.05) is 128 Å². The number of rotatable bonds is 0. The van der Waals surface area contributed by atoms with Crippen molar-refractivity contribution in [3.63, 3.8) is 0 Å². The third-order valence-electron chi connectivity index (χ3n) is 5.00. The van der Waals surface area contributed by atoms with Crippen LogP contribution in [-0.2, 0) is 0 Å². The summed E-state index contributed by atoms with van der Waals surface area (Å²) < 4.78 is 0. The van der Waals surface area contributed by atoms with Crippen LogP contribution in [0.4, 0.5) is 0 Å². The number of aliphatic hydroxyl groups excluding tert-OH is 6. The molecule has 240 valence electrons. The van der Waals surface area contributed by atoms with E-state index in [-0.39, 0.29) is 39.6 Å². The molecule has 6 nitrogen and oxygen atoms in total. The largest absolute Gasteiger partial charge is 0.397 e. The minimum Gasteiger partial charge on any atom is -0.397 e. The second kappa shape index (κ2) is 70.8. The van der Waals surface area contributed by atoms with Crippen LogP contribution in [-0.4, -0.2) is 70.3 Å². The molecule has 1 aliphatic rings. The average molecular weight is 557 g/mol. The van der Waals surface area contributed by atoms with Crippen LogP contribution in [0.25, 0.3) is 0 Å². The van der Waals surface area contributed by atoms with E-state index in [0.717, 1.165) is 0 Å². The Balaban J connectivity index is -0.000000116. The van der Waals surface area contributed by atoms with E-state index in [9.17, 15) is 0 Å². The van der Waals surface area contributed by atoms with Crippen molar-refractivity contribution in [2.75, 3.05) is 39.6 Å². The molecule has 0 aromatic rings. The summed E-state index contributed by atoms with van der Waals surface area (Å²) in [5, 5.41) is 45.4. The molecule has 1 fully saturated rings. The van der Waals surface area contributed by atoms with Gasteiger partial charge in [-0.15, -0.1) is 0 Å². The quantitative estimate of drug-likeness (QED) is 0.181. The van der Waals surface area contributed by atoms with Crippen molar-refractivity contribution in [1.82, 2.24) is 0 Å². The monoisotopic (exact) mass is 557 g/mol. The number of aliphatic hydroxyl groups is 6. The maximum absolute atomic E-state index is 7.57. The molecular formula is C32H76O6. The zero-order valence-electron chi connectivity index (χ0n) is 27.1. The Morgan fingerprint density at radius 2 is 0.237 bits per heavy atom. The third kappa shape index (κ3) is 111. The Kier molecular flexibility index (Phi) is 94.3. The van der Waals surface area contributed by atoms with Gasteiger partial charge in [0.25, 0.3) is 0 Å². The van der Waals surface area contributed by atoms with Crippen molar-refractivity contribution in [1.29, 1.82) is 0 Å². The van der Waals surface area contributed by atoms with Crippen LogP contribution >= 0.6 is 0 Å². The first kappa shape index (κ1) is 50.6. The Morgan fingerprint density at radius 3 is 0.263 bits per heavy atom. The molecule has 0 heterocycles. The molecule has 0 saturated heterocycles. The van der Waals surface area contributed by atoms with Gasteiger partial charge in [-0.05, 0) is 41.5 Å². The SMILES string of the molecule is C1CCCCCCCCCCCCCCCCCCC1.CCO.CCO.CCO.CCO.CCO.CCO. The summed E-state index contributed by atoms with van der Waals surface area (Å²) in [5.41, 5.74) is 0. The van der Waals surface area contributed by atoms with Gasteiger partial charge in [0.05, 0.1) is 0 Å². The van der Waals surface area contributed by atoms with Crippen molar-refractivity contribution in [2.45, 2.75) is 170 Å². The van der Waals surface area contributed by atoms with Crippen molar-refractivity contribution in [3.8, 4) is 0 Å². The average Bonchev–Trinajstić information content (AvgIpc) is 2.86. The maximum atomic E-state index is 7.57. The van der Waals surface area contributed by atoms with E-state index in [2.05, 4.69) is 0 Å². The Bertz CT molecular complexity index is 166. The van der Waals surface area contributed by atoms with Crippen LogP contribution in [0.1, 0.15) is 170 Å². The summed E-state index contributed by atoms with van der Waals surface area (Å²) in [6, 6.07) is 0. The molecule has 38 heavy (non-hydrogen) atoms. The predicted octanol–water partition coefficient (Wildman–Crippen LogP) is 7.79. The van der Waals surface area contributed by atoms with Crippen LogP contribution in [0.5, 0.6) is 0 Å². The molecule has 0 atom stereocenters. The zero-order valence-corrected chi connectivity index (χ0v) is 27.1. The van der Waals surface area contributed by atoms with Crippen LogP contribution in [0.2, 0.25) is 0 Å². The lowest BCUT2D eigenvalue weighted by atomic mass is 10.0. The lowest BCUT2D eigenvalue weighted by molar-refractivity contribution is 0.318. The number of hydrogen-bond acceptors (Lipinski definition) is 6. The highest BCUT2D eigenvalue weighted by Gasteiger charge is 1.96. The van der Waals surface area contributed by atoms with Gasteiger partial charge in [0, 0.05) is 39.6 Å². The van der Waals surface area contributed by atoms with Crippen LogP contribution in [0, 0.1) is 0 Å². The van der Waals surface area contributed by atoms with Gasteiger partial charge in [0.1, 0.15) is 0 Å². The minimum atomic E-state index is 0.250. The fourth-order valence-electron chi connectivity index (χ4n) is 3.54. The van der Waals surface area contributed by atoms with E-state index in [1.807, 2.05) is 0 Å². The molecule has 0 aliphatic heterocycles. The Hall–Kier alpha value is -0.240. The molecular weight excluding hydrogens is 480 g/mol. The molecule has 6 N–H and O–H groups in total. The first-order valence-electron chi connectivity index (χ1n) is 16.1. The smallest absolute Gasteiger partial charge is 0.0402 e. The first-order chi connectivity index (χ1) is 18.5. The van der Waals surface area contributed by atoms with Gasteiger partial charge in [-0.25, -0.2) is 0 Å². The van der Waals surface area contributed by atoms with Gasteiger partial charge < -0.3 is 30.6 Å². The lowest BCUT2D eigenvalue weighted by Crippen LogP contribution is -1.85.